The van der Waals surface area contributed by atoms with Crippen LogP contribution in [-0.2, 0) is 18.3 Å². The molecule has 1 N–H and O–H groups in total. The van der Waals surface area contributed by atoms with Crippen molar-refractivity contribution in [2.24, 2.45) is 0 Å². The Morgan fingerprint density at radius 3 is 1.91 bits per heavy atom. The lowest BCUT2D eigenvalue weighted by molar-refractivity contribution is -0.870. The number of nitrogens with one attached hydrogen (secondary N) is 1. The summed E-state index contributed by atoms with van der Waals surface area (Å²) in [6.45, 7) is 4.94. The topological polar surface area (TPSA) is 96.9 Å². The number of rotatable bonds is 22. The largest absolute Gasteiger partial charge is 0.756 e. The van der Waals surface area contributed by atoms with Gasteiger partial charge < -0.3 is 28.5 Å². The molecular formula is C24H51N2O6P. The van der Waals surface area contributed by atoms with E-state index >= 15 is 0 Å². The van der Waals surface area contributed by atoms with Gasteiger partial charge in [-0.15, -0.1) is 0 Å². The van der Waals surface area contributed by atoms with Crippen molar-refractivity contribution in [1.82, 2.24) is 5.32 Å². The lowest BCUT2D eigenvalue weighted by Crippen LogP contribution is -2.37. The maximum atomic E-state index is 12.2. The van der Waals surface area contributed by atoms with Crippen LogP contribution in [0.4, 0.5) is 4.79 Å². The van der Waals surface area contributed by atoms with Crippen LogP contribution in [0.15, 0.2) is 0 Å². The number of ether oxygens (including phenoxy) is 1. The second-order valence-electron chi connectivity index (χ2n) is 9.83. The third kappa shape index (κ3) is 22.9. The molecule has 0 aromatic carbocycles. The number of hydrogen-bond donors (Lipinski definition) is 1. The molecule has 0 aromatic rings. The molecule has 1 amide bonds. The van der Waals surface area contributed by atoms with E-state index in [1.807, 2.05) is 21.1 Å². The molecule has 0 spiro atoms. The van der Waals surface area contributed by atoms with Gasteiger partial charge in [-0.1, -0.05) is 84.0 Å². The van der Waals surface area contributed by atoms with Crippen molar-refractivity contribution in [1.29, 1.82) is 0 Å². The van der Waals surface area contributed by atoms with Crippen LogP contribution in [0.1, 0.15) is 97.3 Å². The molecule has 0 bridgehead atoms. The van der Waals surface area contributed by atoms with Crippen molar-refractivity contribution in [3.63, 3.8) is 0 Å². The zero-order chi connectivity index (χ0) is 25.0. The van der Waals surface area contributed by atoms with Gasteiger partial charge in [0.1, 0.15) is 25.9 Å². The Balaban J connectivity index is 4.21. The minimum absolute atomic E-state index is 0.0484. The zero-order valence-corrected chi connectivity index (χ0v) is 22.8. The van der Waals surface area contributed by atoms with Gasteiger partial charge in [-0.3, -0.25) is 4.57 Å². The van der Waals surface area contributed by atoms with E-state index in [9.17, 15) is 14.3 Å². The molecule has 2 atom stereocenters. The number of phosphoric ester groups is 1. The molecule has 8 nitrogen and oxygen atoms in total. The second-order valence-corrected chi connectivity index (χ2v) is 11.2. The van der Waals surface area contributed by atoms with Gasteiger partial charge in [-0.25, -0.2) is 4.79 Å². The van der Waals surface area contributed by atoms with Crippen LogP contribution >= 0.6 is 7.82 Å². The van der Waals surface area contributed by atoms with E-state index in [4.69, 9.17) is 13.8 Å². The van der Waals surface area contributed by atoms with Gasteiger partial charge in [-0.05, 0) is 13.3 Å². The first kappa shape index (κ1) is 32.3. The number of hydrogen-bond acceptors (Lipinski definition) is 6. The number of quaternary nitrogens is 1. The maximum Gasteiger partial charge on any atom is 0.407 e. The summed E-state index contributed by atoms with van der Waals surface area (Å²) in [7, 11) is 1.40. The highest BCUT2D eigenvalue weighted by atomic mass is 31.2. The average Bonchev–Trinajstić information content (AvgIpc) is 2.71. The Morgan fingerprint density at radius 2 is 1.42 bits per heavy atom. The lowest BCUT2D eigenvalue weighted by Gasteiger charge is -2.30. The van der Waals surface area contributed by atoms with Crippen LogP contribution in [0, 0.1) is 0 Å². The first-order valence-corrected chi connectivity index (χ1v) is 14.4. The highest BCUT2D eigenvalue weighted by Crippen LogP contribution is 2.40. The summed E-state index contributed by atoms with van der Waals surface area (Å²) in [5.41, 5.74) is 0. The van der Waals surface area contributed by atoms with E-state index in [0.29, 0.717) is 24.0 Å². The second kappa shape index (κ2) is 19.6. The summed E-state index contributed by atoms with van der Waals surface area (Å²) >= 11 is 0. The normalized spacial score (nSPS) is 14.6. The number of carbonyl (C=O) groups is 1. The summed E-state index contributed by atoms with van der Waals surface area (Å²) < 4.78 is 28.2. The predicted octanol–water partition coefficient (Wildman–Crippen LogP) is 5.40. The van der Waals surface area contributed by atoms with Gasteiger partial charge in [0.15, 0.2) is 0 Å². The number of phosphoric acid groups is 1. The third-order valence-corrected chi connectivity index (χ3v) is 6.45. The molecule has 0 heterocycles. The molecule has 0 aliphatic heterocycles. The van der Waals surface area contributed by atoms with E-state index in [1.54, 1.807) is 6.92 Å². The van der Waals surface area contributed by atoms with Crippen molar-refractivity contribution < 1.29 is 32.5 Å². The summed E-state index contributed by atoms with van der Waals surface area (Å²) in [4.78, 5) is 23.8. The fraction of sp³-hybridized carbons (Fsp3) is 0.958. The first-order chi connectivity index (χ1) is 15.6. The number of likely N-dealkylation sites (N-methyl/N-ethyl adjacent to an activating group) is 1. The van der Waals surface area contributed by atoms with E-state index in [2.05, 4.69) is 12.2 Å². The summed E-state index contributed by atoms with van der Waals surface area (Å²) in [5, 5.41) is 2.53. The molecule has 0 aliphatic carbocycles. The quantitative estimate of drug-likeness (QED) is 0.123. The van der Waals surface area contributed by atoms with Crippen LogP contribution in [-0.4, -0.2) is 64.1 Å². The summed E-state index contributed by atoms with van der Waals surface area (Å²) in [6, 6.07) is 0. The summed E-state index contributed by atoms with van der Waals surface area (Å²) in [6.07, 6.45) is 13.9. The van der Waals surface area contributed by atoms with Gasteiger partial charge >= 0.3 is 6.09 Å². The summed E-state index contributed by atoms with van der Waals surface area (Å²) in [5.74, 6) is 0. The molecule has 9 heteroatoms. The molecular weight excluding hydrogens is 443 g/mol. The SMILES string of the molecule is CCCCCCCCCCCCCCC(COC(=O)NCC)OP(=O)([O-])OCC[N+](C)(C)C. The van der Waals surface area contributed by atoms with Gasteiger partial charge in [0.05, 0.1) is 21.1 Å². The Kier molecular flexibility index (Phi) is 19.2. The number of unbranched alkanes of at least 4 members (excludes halogenated alkanes) is 11. The molecule has 0 saturated heterocycles. The van der Waals surface area contributed by atoms with Gasteiger partial charge in [0, 0.05) is 6.54 Å². The van der Waals surface area contributed by atoms with E-state index in [0.717, 1.165) is 19.3 Å². The van der Waals surface area contributed by atoms with Gasteiger partial charge in [0.25, 0.3) is 7.82 Å². The van der Waals surface area contributed by atoms with Crippen molar-refractivity contribution in [2.75, 3.05) is 47.4 Å². The molecule has 0 fully saturated rings. The molecule has 198 valence electrons. The fourth-order valence-electron chi connectivity index (χ4n) is 3.38. The Labute approximate surface area is 202 Å². The number of alkyl carbamates (subject to hydrolysis) is 1. The monoisotopic (exact) mass is 494 g/mol. The lowest BCUT2D eigenvalue weighted by atomic mass is 10.0. The van der Waals surface area contributed by atoms with Gasteiger partial charge in [-0.2, -0.15) is 0 Å². The van der Waals surface area contributed by atoms with E-state index in [1.165, 1.54) is 57.8 Å². The number of amides is 1. The van der Waals surface area contributed by atoms with E-state index in [-0.39, 0.29) is 13.2 Å². The third-order valence-electron chi connectivity index (χ3n) is 5.39. The molecule has 0 saturated carbocycles. The minimum Gasteiger partial charge on any atom is -0.756 e. The molecule has 2 unspecified atom stereocenters. The Morgan fingerprint density at radius 1 is 0.909 bits per heavy atom. The molecule has 0 aromatic heterocycles. The molecule has 0 rings (SSSR count). The van der Waals surface area contributed by atoms with Gasteiger partial charge in [0.2, 0.25) is 0 Å². The van der Waals surface area contributed by atoms with Crippen molar-refractivity contribution >= 4 is 13.9 Å². The van der Waals surface area contributed by atoms with Crippen molar-refractivity contribution in [3.05, 3.63) is 0 Å². The van der Waals surface area contributed by atoms with Crippen LogP contribution in [0.25, 0.3) is 0 Å². The van der Waals surface area contributed by atoms with Crippen LogP contribution in [0.3, 0.4) is 0 Å². The standard InChI is InChI=1S/C24H51N2O6P/c1-6-8-9-10-11-12-13-14-15-16-17-18-19-23(22-30-24(27)25-7-2)32-33(28,29)31-21-20-26(3,4)5/h23H,6-22H2,1-5H3,(H-,25,27,28,29). The number of nitrogens with zero attached hydrogens (tertiary/aromatic N) is 1. The van der Waals surface area contributed by atoms with E-state index < -0.39 is 20.0 Å². The Bertz CT molecular complexity index is 528. The van der Waals surface area contributed by atoms with Crippen LogP contribution in [0.5, 0.6) is 0 Å². The fourth-order valence-corrected chi connectivity index (χ4v) is 4.28. The smallest absolute Gasteiger partial charge is 0.407 e. The van der Waals surface area contributed by atoms with Crippen molar-refractivity contribution in [3.8, 4) is 0 Å². The first-order valence-electron chi connectivity index (χ1n) is 12.9. The number of carbonyl (C=O) groups excluding carboxylic acids is 1. The minimum atomic E-state index is -4.47. The highest BCUT2D eigenvalue weighted by Gasteiger charge is 2.21. The molecule has 33 heavy (non-hydrogen) atoms. The van der Waals surface area contributed by atoms with Crippen molar-refractivity contribution in [2.45, 2.75) is 103 Å². The zero-order valence-electron chi connectivity index (χ0n) is 21.9. The Hall–Kier alpha value is -0.660. The average molecular weight is 495 g/mol. The molecule has 0 aliphatic rings. The van der Waals surface area contributed by atoms with Crippen LogP contribution in [0.2, 0.25) is 0 Å². The predicted molar refractivity (Wildman–Crippen MR) is 132 cm³/mol. The van der Waals surface area contributed by atoms with Crippen LogP contribution < -0.4 is 10.2 Å². The maximum absolute atomic E-state index is 12.2. The molecule has 0 radical (unpaired) electrons. The highest BCUT2D eigenvalue weighted by molar-refractivity contribution is 7.45.